The van der Waals surface area contributed by atoms with Crippen LogP contribution in [0.4, 0.5) is 4.39 Å². The lowest BCUT2D eigenvalue weighted by Gasteiger charge is -2.21. The summed E-state index contributed by atoms with van der Waals surface area (Å²) in [5, 5.41) is 0. The van der Waals surface area contributed by atoms with Crippen LogP contribution in [0.25, 0.3) is 0 Å². The second-order valence-electron chi connectivity index (χ2n) is 5.31. The summed E-state index contributed by atoms with van der Waals surface area (Å²) in [5.41, 5.74) is 5.82. The summed E-state index contributed by atoms with van der Waals surface area (Å²) in [6.45, 7) is 0.723. The highest BCUT2D eigenvalue weighted by Crippen LogP contribution is 2.25. The smallest absolute Gasteiger partial charge is 0.225 e. The minimum Gasteiger partial charge on any atom is -0.489 e. The Balaban J connectivity index is 1.76. The molecule has 0 radical (unpaired) electrons. The van der Waals surface area contributed by atoms with E-state index < -0.39 is 0 Å². The summed E-state index contributed by atoms with van der Waals surface area (Å²) in [6.07, 6.45) is 2.53. The first-order valence-electron chi connectivity index (χ1n) is 6.96. The molecule has 0 heterocycles. The first kappa shape index (κ1) is 14.8. The summed E-state index contributed by atoms with van der Waals surface area (Å²) < 4.78 is 18.7. The summed E-state index contributed by atoms with van der Waals surface area (Å²) in [5.74, 6) is -0.0296. The minimum absolute atomic E-state index is 0.0310. The van der Waals surface area contributed by atoms with Gasteiger partial charge in [-0.15, -0.1) is 0 Å². The van der Waals surface area contributed by atoms with E-state index in [0.717, 1.165) is 19.3 Å². The molecule has 0 unspecified atom stereocenters. The Morgan fingerprint density at radius 2 is 2.20 bits per heavy atom. The zero-order chi connectivity index (χ0) is 14.5. The quantitative estimate of drug-likeness (QED) is 0.894. The van der Waals surface area contributed by atoms with E-state index in [-0.39, 0.29) is 36.0 Å². The van der Waals surface area contributed by atoms with E-state index in [2.05, 4.69) is 0 Å². The lowest BCUT2D eigenvalue weighted by Crippen LogP contribution is -2.35. The Labute approximate surface area is 118 Å². The van der Waals surface area contributed by atoms with Crippen LogP contribution in [0, 0.1) is 11.7 Å². The summed E-state index contributed by atoms with van der Waals surface area (Å²) in [6, 6.07) is 6.40. The van der Waals surface area contributed by atoms with Crippen LogP contribution < -0.4 is 10.5 Å². The number of para-hydroxylation sites is 1. The average Bonchev–Trinajstić information content (AvgIpc) is 2.86. The van der Waals surface area contributed by atoms with E-state index in [9.17, 15) is 9.18 Å². The van der Waals surface area contributed by atoms with E-state index in [1.54, 1.807) is 30.1 Å². The molecule has 1 aliphatic carbocycles. The standard InChI is InChI=1S/C15H21FN2O2/c1-18(15(19)11-6-7-12(17)10-11)8-9-20-14-5-3-2-4-13(14)16/h2-5,11-12H,6-10,17H2,1H3/t11-,12+/m0/s1. The van der Waals surface area contributed by atoms with E-state index in [0.29, 0.717) is 6.54 Å². The molecule has 0 bridgehead atoms. The van der Waals surface area contributed by atoms with Gasteiger partial charge in [-0.3, -0.25) is 4.79 Å². The molecule has 0 aliphatic heterocycles. The predicted octanol–water partition coefficient (Wildman–Crippen LogP) is 1.79. The van der Waals surface area contributed by atoms with Crippen LogP contribution in [0.5, 0.6) is 5.75 Å². The number of benzene rings is 1. The Kier molecular flexibility index (Phi) is 4.95. The number of rotatable bonds is 5. The van der Waals surface area contributed by atoms with Gasteiger partial charge in [-0.25, -0.2) is 4.39 Å². The zero-order valence-corrected chi connectivity index (χ0v) is 11.7. The topological polar surface area (TPSA) is 55.6 Å². The molecule has 1 fully saturated rings. The summed E-state index contributed by atoms with van der Waals surface area (Å²) >= 11 is 0. The van der Waals surface area contributed by atoms with Gasteiger partial charge >= 0.3 is 0 Å². The van der Waals surface area contributed by atoms with E-state index in [4.69, 9.17) is 10.5 Å². The van der Waals surface area contributed by atoms with Gasteiger partial charge in [-0.05, 0) is 31.4 Å². The molecule has 110 valence electrons. The number of halogens is 1. The van der Waals surface area contributed by atoms with Crippen LogP contribution in [-0.4, -0.2) is 37.0 Å². The molecule has 0 aromatic heterocycles. The number of hydrogen-bond donors (Lipinski definition) is 1. The van der Waals surface area contributed by atoms with E-state index in [1.165, 1.54) is 6.07 Å². The third-order valence-electron chi connectivity index (χ3n) is 3.72. The molecule has 1 amide bonds. The Morgan fingerprint density at radius 3 is 2.85 bits per heavy atom. The zero-order valence-electron chi connectivity index (χ0n) is 11.7. The second-order valence-corrected chi connectivity index (χ2v) is 5.31. The monoisotopic (exact) mass is 280 g/mol. The summed E-state index contributed by atoms with van der Waals surface area (Å²) in [4.78, 5) is 13.8. The number of ether oxygens (including phenoxy) is 1. The molecule has 1 aromatic carbocycles. The second kappa shape index (κ2) is 6.70. The van der Waals surface area contributed by atoms with Crippen molar-refractivity contribution < 1.29 is 13.9 Å². The van der Waals surface area contributed by atoms with Crippen molar-refractivity contribution in [3.63, 3.8) is 0 Å². The van der Waals surface area contributed by atoms with Gasteiger partial charge < -0.3 is 15.4 Å². The predicted molar refractivity (Wildman–Crippen MR) is 74.8 cm³/mol. The molecule has 20 heavy (non-hydrogen) atoms. The minimum atomic E-state index is -0.386. The SMILES string of the molecule is CN(CCOc1ccccc1F)C(=O)[C@H]1CC[C@@H](N)C1. The maximum absolute atomic E-state index is 13.3. The lowest BCUT2D eigenvalue weighted by atomic mass is 10.1. The molecule has 1 saturated carbocycles. The Morgan fingerprint density at radius 1 is 1.45 bits per heavy atom. The van der Waals surface area contributed by atoms with Gasteiger partial charge in [0.25, 0.3) is 0 Å². The molecule has 2 N–H and O–H groups in total. The molecular formula is C15H21FN2O2. The first-order valence-corrected chi connectivity index (χ1v) is 6.96. The molecular weight excluding hydrogens is 259 g/mol. The highest BCUT2D eigenvalue weighted by atomic mass is 19.1. The fraction of sp³-hybridized carbons (Fsp3) is 0.533. The van der Waals surface area contributed by atoms with Gasteiger partial charge in [0, 0.05) is 19.0 Å². The average molecular weight is 280 g/mol. The first-order chi connectivity index (χ1) is 9.58. The van der Waals surface area contributed by atoms with Crippen LogP contribution >= 0.6 is 0 Å². The van der Waals surface area contributed by atoms with Crippen LogP contribution in [-0.2, 0) is 4.79 Å². The van der Waals surface area contributed by atoms with E-state index >= 15 is 0 Å². The maximum Gasteiger partial charge on any atom is 0.225 e. The largest absolute Gasteiger partial charge is 0.489 e. The fourth-order valence-electron chi connectivity index (χ4n) is 2.52. The molecule has 1 aromatic rings. The fourth-order valence-corrected chi connectivity index (χ4v) is 2.52. The number of carbonyl (C=O) groups is 1. The highest BCUT2D eigenvalue weighted by Gasteiger charge is 2.29. The molecule has 0 spiro atoms. The van der Waals surface area contributed by atoms with Crippen molar-refractivity contribution in [1.82, 2.24) is 4.90 Å². The number of hydrogen-bond acceptors (Lipinski definition) is 3. The lowest BCUT2D eigenvalue weighted by molar-refractivity contribution is -0.134. The molecule has 4 nitrogen and oxygen atoms in total. The number of amides is 1. The van der Waals surface area contributed by atoms with Gasteiger partial charge in [0.15, 0.2) is 11.6 Å². The summed E-state index contributed by atoms with van der Waals surface area (Å²) in [7, 11) is 1.75. The molecule has 2 atom stereocenters. The van der Waals surface area contributed by atoms with Crippen LogP contribution in [0.3, 0.4) is 0 Å². The normalized spacial score (nSPS) is 21.8. The van der Waals surface area contributed by atoms with Gasteiger partial charge in [0.05, 0.1) is 6.54 Å². The van der Waals surface area contributed by atoms with Crippen molar-refractivity contribution >= 4 is 5.91 Å². The Hall–Kier alpha value is -1.62. The highest BCUT2D eigenvalue weighted by molar-refractivity contribution is 5.78. The van der Waals surface area contributed by atoms with Crippen LogP contribution in [0.1, 0.15) is 19.3 Å². The van der Waals surface area contributed by atoms with E-state index in [1.807, 2.05) is 0 Å². The molecule has 5 heteroatoms. The van der Waals surface area contributed by atoms with Gasteiger partial charge in [-0.2, -0.15) is 0 Å². The number of carbonyl (C=O) groups excluding carboxylic acids is 1. The van der Waals surface area contributed by atoms with Crippen molar-refractivity contribution in [3.05, 3.63) is 30.1 Å². The van der Waals surface area contributed by atoms with Crippen LogP contribution in [0.2, 0.25) is 0 Å². The Bertz CT molecular complexity index is 467. The number of nitrogens with zero attached hydrogens (tertiary/aromatic N) is 1. The van der Waals surface area contributed by atoms with Gasteiger partial charge in [0.2, 0.25) is 5.91 Å². The van der Waals surface area contributed by atoms with Gasteiger partial charge in [-0.1, -0.05) is 12.1 Å². The molecule has 0 saturated heterocycles. The van der Waals surface area contributed by atoms with Crippen molar-refractivity contribution in [1.29, 1.82) is 0 Å². The van der Waals surface area contributed by atoms with Crippen molar-refractivity contribution in [2.24, 2.45) is 11.7 Å². The van der Waals surface area contributed by atoms with Crippen molar-refractivity contribution in [2.75, 3.05) is 20.2 Å². The van der Waals surface area contributed by atoms with Gasteiger partial charge in [0.1, 0.15) is 6.61 Å². The third kappa shape index (κ3) is 3.70. The number of likely N-dealkylation sites (N-methyl/N-ethyl adjacent to an activating group) is 1. The molecule has 2 rings (SSSR count). The third-order valence-corrected chi connectivity index (χ3v) is 3.72. The van der Waals surface area contributed by atoms with Crippen molar-refractivity contribution in [2.45, 2.75) is 25.3 Å². The molecule has 1 aliphatic rings. The van der Waals surface area contributed by atoms with Crippen molar-refractivity contribution in [3.8, 4) is 5.75 Å². The number of nitrogens with two attached hydrogens (primary N) is 1. The maximum atomic E-state index is 13.3. The van der Waals surface area contributed by atoms with Crippen LogP contribution in [0.15, 0.2) is 24.3 Å².